The van der Waals surface area contributed by atoms with Gasteiger partial charge in [-0.1, -0.05) is 53.3 Å². The second-order valence-corrected chi connectivity index (χ2v) is 10.3. The van der Waals surface area contributed by atoms with Gasteiger partial charge in [-0.2, -0.15) is 10.1 Å². The van der Waals surface area contributed by atoms with Crippen LogP contribution in [0, 0.1) is 6.92 Å². The van der Waals surface area contributed by atoms with E-state index in [0.29, 0.717) is 16.5 Å². The van der Waals surface area contributed by atoms with Crippen LogP contribution in [0.1, 0.15) is 11.1 Å². The van der Waals surface area contributed by atoms with Gasteiger partial charge in [0.15, 0.2) is 0 Å². The first-order valence-electron chi connectivity index (χ1n) is 10.9. The zero-order valence-corrected chi connectivity index (χ0v) is 20.9. The molecule has 0 N–H and O–H groups in total. The van der Waals surface area contributed by atoms with Gasteiger partial charge in [0.25, 0.3) is 5.91 Å². The van der Waals surface area contributed by atoms with Gasteiger partial charge in [0.2, 0.25) is 5.13 Å². The van der Waals surface area contributed by atoms with Gasteiger partial charge < -0.3 is 4.90 Å². The number of nitrogens with zero attached hydrogens (tertiary/aromatic N) is 4. The Morgan fingerprint density at radius 1 is 1.00 bits per heavy atom. The zero-order chi connectivity index (χ0) is 23.7. The van der Waals surface area contributed by atoms with Crippen LogP contribution < -0.4 is 9.91 Å². The van der Waals surface area contributed by atoms with Gasteiger partial charge in [0.1, 0.15) is 0 Å². The van der Waals surface area contributed by atoms with Crippen LogP contribution in [0.2, 0.25) is 0 Å². The van der Waals surface area contributed by atoms with Crippen molar-refractivity contribution in [3.63, 3.8) is 0 Å². The van der Waals surface area contributed by atoms with Gasteiger partial charge in [-0.05, 0) is 55.0 Å². The Hall–Kier alpha value is -3.42. The lowest BCUT2D eigenvalue weighted by molar-refractivity contribution is -0.114. The number of carbonyl (C=O) groups excluding carboxylic acids is 1. The zero-order valence-electron chi connectivity index (χ0n) is 19.2. The van der Waals surface area contributed by atoms with Crippen molar-refractivity contribution in [2.24, 2.45) is 5.10 Å². The Morgan fingerprint density at radius 2 is 1.74 bits per heavy atom. The maximum absolute atomic E-state index is 13.5. The Kier molecular flexibility index (Phi) is 6.22. The molecule has 5 nitrogen and oxygen atoms in total. The third-order valence-corrected chi connectivity index (χ3v) is 7.57. The van der Waals surface area contributed by atoms with Gasteiger partial charge in [0.05, 0.1) is 21.5 Å². The molecule has 0 bridgehead atoms. The smallest absolute Gasteiger partial charge is 0.282 e. The topological polar surface area (TPSA) is 48.8 Å². The van der Waals surface area contributed by atoms with E-state index in [1.165, 1.54) is 21.9 Å². The van der Waals surface area contributed by atoms with E-state index in [0.717, 1.165) is 32.1 Å². The van der Waals surface area contributed by atoms with E-state index >= 15 is 0 Å². The average molecular weight is 485 g/mol. The quantitative estimate of drug-likeness (QED) is 0.240. The molecule has 5 rings (SSSR count). The van der Waals surface area contributed by atoms with Gasteiger partial charge >= 0.3 is 0 Å². The lowest BCUT2D eigenvalue weighted by Gasteiger charge is -2.12. The normalized spacial score (nSPS) is 14.8. The first kappa shape index (κ1) is 22.4. The molecule has 1 aliphatic rings. The molecule has 0 saturated heterocycles. The van der Waals surface area contributed by atoms with E-state index < -0.39 is 0 Å². The minimum atomic E-state index is -0.143. The molecule has 34 heavy (non-hydrogen) atoms. The van der Waals surface area contributed by atoms with Crippen molar-refractivity contribution < 1.29 is 4.79 Å². The van der Waals surface area contributed by atoms with Gasteiger partial charge in [0, 0.05) is 30.4 Å². The molecule has 0 saturated carbocycles. The number of hydrazone groups is 1. The summed E-state index contributed by atoms with van der Waals surface area (Å²) in [6.45, 7) is 2.08. The van der Waals surface area contributed by atoms with Crippen LogP contribution in [0.4, 0.5) is 10.8 Å². The van der Waals surface area contributed by atoms with Crippen LogP contribution in [0.15, 0.2) is 88.4 Å². The molecule has 1 aromatic heterocycles. The van der Waals surface area contributed by atoms with Crippen molar-refractivity contribution in [1.82, 2.24) is 4.98 Å². The summed E-state index contributed by atoms with van der Waals surface area (Å²) >= 11 is 3.15. The summed E-state index contributed by atoms with van der Waals surface area (Å²) in [6.07, 6.45) is 1.93. The fourth-order valence-electron chi connectivity index (χ4n) is 3.61. The Balaban J connectivity index is 1.48. The Labute approximate surface area is 207 Å². The highest BCUT2D eigenvalue weighted by atomic mass is 32.2. The summed E-state index contributed by atoms with van der Waals surface area (Å²) in [5, 5.41) is 6.79. The predicted octanol–water partition coefficient (Wildman–Crippen LogP) is 6.25. The number of carbonyl (C=O) groups is 1. The maximum Gasteiger partial charge on any atom is 0.282 e. The fourth-order valence-corrected chi connectivity index (χ4v) is 5.37. The van der Waals surface area contributed by atoms with E-state index in [-0.39, 0.29) is 5.91 Å². The number of hydrogen-bond donors (Lipinski definition) is 0. The molecule has 0 atom stereocenters. The summed E-state index contributed by atoms with van der Waals surface area (Å²) in [5.74, 6) is 0.452. The minimum Gasteiger partial charge on any atom is -0.378 e. The van der Waals surface area contributed by atoms with Crippen molar-refractivity contribution in [2.75, 3.05) is 29.8 Å². The molecule has 0 unspecified atom stereocenters. The van der Waals surface area contributed by atoms with E-state index in [1.54, 1.807) is 11.8 Å². The van der Waals surface area contributed by atoms with Crippen LogP contribution in [-0.2, 0) is 4.79 Å². The van der Waals surface area contributed by atoms with Crippen molar-refractivity contribution in [3.8, 4) is 0 Å². The summed E-state index contributed by atoms with van der Waals surface area (Å²) in [7, 11) is 4.02. The highest BCUT2D eigenvalue weighted by molar-refractivity contribution is 8.00. The SMILES string of the molecule is Cc1ccc(SCC2=NN(c3nc4ccccc4s3)C(=O)/C2=C\c2ccc(N(C)C)cc2)cc1. The van der Waals surface area contributed by atoms with E-state index in [1.807, 2.05) is 56.6 Å². The summed E-state index contributed by atoms with van der Waals surface area (Å²) in [5.41, 5.74) is 5.54. The molecule has 0 aliphatic carbocycles. The highest BCUT2D eigenvalue weighted by Gasteiger charge is 2.33. The second kappa shape index (κ2) is 9.44. The van der Waals surface area contributed by atoms with Crippen molar-refractivity contribution in [3.05, 3.63) is 89.5 Å². The van der Waals surface area contributed by atoms with Gasteiger partial charge in [-0.25, -0.2) is 4.98 Å². The molecule has 170 valence electrons. The molecule has 2 heterocycles. The van der Waals surface area contributed by atoms with E-state index in [2.05, 4.69) is 53.2 Å². The number of fused-ring (bicyclic) bond motifs is 1. The largest absolute Gasteiger partial charge is 0.378 e. The highest BCUT2D eigenvalue weighted by Crippen LogP contribution is 2.34. The predicted molar refractivity (Wildman–Crippen MR) is 145 cm³/mol. The molecule has 0 fully saturated rings. The molecular weight excluding hydrogens is 460 g/mol. The monoisotopic (exact) mass is 484 g/mol. The van der Waals surface area contributed by atoms with E-state index in [4.69, 9.17) is 5.10 Å². The molecule has 3 aromatic carbocycles. The number of anilines is 2. The first-order chi connectivity index (χ1) is 16.5. The van der Waals surface area contributed by atoms with Crippen molar-refractivity contribution in [1.29, 1.82) is 0 Å². The molecular formula is C27H24N4OS2. The van der Waals surface area contributed by atoms with Crippen LogP contribution in [-0.4, -0.2) is 36.5 Å². The number of thiazole rings is 1. The summed E-state index contributed by atoms with van der Waals surface area (Å²) < 4.78 is 1.03. The molecule has 0 radical (unpaired) electrons. The molecule has 1 amide bonds. The number of hydrogen-bond acceptors (Lipinski definition) is 6. The number of benzene rings is 3. The fraction of sp³-hybridized carbons (Fsp3) is 0.148. The van der Waals surface area contributed by atoms with Crippen LogP contribution in [0.25, 0.3) is 16.3 Å². The third kappa shape index (κ3) is 4.62. The number of para-hydroxylation sites is 1. The van der Waals surface area contributed by atoms with Crippen LogP contribution in [0.3, 0.4) is 0 Å². The lowest BCUT2D eigenvalue weighted by atomic mass is 10.1. The number of aryl methyl sites for hydroxylation is 1. The second-order valence-electron chi connectivity index (χ2n) is 8.27. The first-order valence-corrected chi connectivity index (χ1v) is 12.7. The molecule has 1 aliphatic heterocycles. The molecule has 7 heteroatoms. The Morgan fingerprint density at radius 3 is 2.44 bits per heavy atom. The number of rotatable bonds is 6. The molecule has 4 aromatic rings. The number of amides is 1. The maximum atomic E-state index is 13.5. The number of thioether (sulfide) groups is 1. The minimum absolute atomic E-state index is 0.143. The van der Waals surface area contributed by atoms with Crippen molar-refractivity contribution >= 4 is 61.8 Å². The van der Waals surface area contributed by atoms with Crippen LogP contribution in [0.5, 0.6) is 0 Å². The molecule has 0 spiro atoms. The lowest BCUT2D eigenvalue weighted by Crippen LogP contribution is -2.21. The average Bonchev–Trinajstić information content (AvgIpc) is 3.40. The van der Waals surface area contributed by atoms with E-state index in [9.17, 15) is 4.79 Å². The van der Waals surface area contributed by atoms with Gasteiger partial charge in [-0.15, -0.1) is 11.8 Å². The van der Waals surface area contributed by atoms with Crippen LogP contribution >= 0.6 is 23.1 Å². The summed E-state index contributed by atoms with van der Waals surface area (Å²) in [6, 6.07) is 24.5. The third-order valence-electron chi connectivity index (χ3n) is 5.54. The van der Waals surface area contributed by atoms with Crippen molar-refractivity contribution in [2.45, 2.75) is 11.8 Å². The standard InChI is InChI=1S/C27H24N4OS2/c1-18-8-14-21(15-9-18)33-17-24-22(16-19-10-12-20(13-11-19)30(2)3)26(32)31(29-24)27-28-23-6-4-5-7-25(23)34-27/h4-16H,17H2,1-3H3/b22-16-. The number of aromatic nitrogens is 1. The van der Waals surface area contributed by atoms with Gasteiger partial charge in [-0.3, -0.25) is 4.79 Å². The summed E-state index contributed by atoms with van der Waals surface area (Å²) in [4.78, 5) is 21.4. The Bertz CT molecular complexity index is 1370.